The van der Waals surface area contributed by atoms with Gasteiger partial charge in [-0.1, -0.05) is 19.1 Å². The summed E-state index contributed by atoms with van der Waals surface area (Å²) >= 11 is 0. The first kappa shape index (κ1) is 14.9. The molecule has 0 amide bonds. The average molecular weight is 294 g/mol. The van der Waals surface area contributed by atoms with Crippen LogP contribution < -0.4 is 0 Å². The van der Waals surface area contributed by atoms with Crippen LogP contribution in [0.25, 0.3) is 10.9 Å². The molecule has 1 aliphatic carbocycles. The van der Waals surface area contributed by atoms with Crippen molar-refractivity contribution in [3.8, 4) is 0 Å². The van der Waals surface area contributed by atoms with Crippen LogP contribution in [-0.4, -0.2) is 17.1 Å². The Morgan fingerprint density at radius 3 is 2.82 bits per heavy atom. The predicted octanol–water partition coefficient (Wildman–Crippen LogP) is 4.62. The fourth-order valence-corrected chi connectivity index (χ4v) is 3.78. The van der Waals surface area contributed by atoms with Gasteiger partial charge in [0, 0.05) is 11.6 Å². The number of nitrogens with zero attached hydrogens (tertiary/aromatic N) is 2. The second-order valence-electron chi connectivity index (χ2n) is 6.26. The predicted molar refractivity (Wildman–Crippen MR) is 88.6 cm³/mol. The standard InChI is InChI=1S/C19H22N2O/c1-2-18(21-13-22)15-7-5-14(6-8-15)16-9-10-19-17(12-16)4-3-11-20-19/h3-4,9-12,14-15,18H,2,5-8H2,1H3. The maximum absolute atomic E-state index is 10.5. The van der Waals surface area contributed by atoms with Crippen LogP contribution in [0.4, 0.5) is 0 Å². The Kier molecular flexibility index (Phi) is 4.65. The Morgan fingerprint density at radius 2 is 2.09 bits per heavy atom. The van der Waals surface area contributed by atoms with E-state index in [0.29, 0.717) is 11.8 Å². The van der Waals surface area contributed by atoms with Gasteiger partial charge >= 0.3 is 0 Å². The molecule has 1 fully saturated rings. The van der Waals surface area contributed by atoms with Crippen molar-refractivity contribution in [2.45, 2.75) is 51.0 Å². The van der Waals surface area contributed by atoms with E-state index in [-0.39, 0.29) is 6.04 Å². The van der Waals surface area contributed by atoms with Gasteiger partial charge in [-0.25, -0.2) is 9.79 Å². The minimum absolute atomic E-state index is 0.166. The number of fused-ring (bicyclic) bond motifs is 1. The van der Waals surface area contributed by atoms with Crippen LogP contribution in [0.5, 0.6) is 0 Å². The van der Waals surface area contributed by atoms with Crippen molar-refractivity contribution < 1.29 is 4.79 Å². The van der Waals surface area contributed by atoms with Gasteiger partial charge in [0.2, 0.25) is 6.08 Å². The fraction of sp³-hybridized carbons (Fsp3) is 0.474. The highest BCUT2D eigenvalue weighted by molar-refractivity contribution is 5.79. The molecule has 1 aromatic carbocycles. The Morgan fingerprint density at radius 1 is 1.27 bits per heavy atom. The van der Waals surface area contributed by atoms with E-state index in [2.05, 4.69) is 41.2 Å². The lowest BCUT2D eigenvalue weighted by Gasteiger charge is -2.31. The molecule has 1 aliphatic rings. The molecule has 3 rings (SSSR count). The van der Waals surface area contributed by atoms with E-state index in [1.807, 2.05) is 12.3 Å². The maximum Gasteiger partial charge on any atom is 0.235 e. The number of aromatic nitrogens is 1. The highest BCUT2D eigenvalue weighted by Crippen LogP contribution is 2.38. The Labute approximate surface area is 131 Å². The summed E-state index contributed by atoms with van der Waals surface area (Å²) in [7, 11) is 0. The summed E-state index contributed by atoms with van der Waals surface area (Å²) < 4.78 is 0. The summed E-state index contributed by atoms with van der Waals surface area (Å²) in [6.07, 6.45) is 9.19. The highest BCUT2D eigenvalue weighted by atomic mass is 16.1. The third kappa shape index (κ3) is 3.10. The van der Waals surface area contributed by atoms with Gasteiger partial charge in [-0.05, 0) is 67.7 Å². The van der Waals surface area contributed by atoms with Gasteiger partial charge in [-0.2, -0.15) is 0 Å². The molecule has 1 saturated carbocycles. The van der Waals surface area contributed by atoms with Crippen LogP contribution in [0.3, 0.4) is 0 Å². The largest absolute Gasteiger partial charge is 0.256 e. The van der Waals surface area contributed by atoms with E-state index in [0.717, 1.165) is 24.8 Å². The number of hydrogen-bond acceptors (Lipinski definition) is 3. The number of aliphatic imine (C=N–C) groups is 1. The van der Waals surface area contributed by atoms with Crippen molar-refractivity contribution in [2.24, 2.45) is 10.9 Å². The first-order valence-corrected chi connectivity index (χ1v) is 8.23. The average Bonchev–Trinajstić information content (AvgIpc) is 2.59. The Hall–Kier alpha value is -1.99. The van der Waals surface area contributed by atoms with E-state index in [1.165, 1.54) is 23.8 Å². The highest BCUT2D eigenvalue weighted by Gasteiger charge is 2.27. The Bertz CT molecular complexity index is 683. The molecule has 1 unspecified atom stereocenters. The molecule has 2 aromatic rings. The van der Waals surface area contributed by atoms with Crippen molar-refractivity contribution in [1.82, 2.24) is 4.98 Å². The molecule has 1 heterocycles. The number of rotatable bonds is 4. The minimum Gasteiger partial charge on any atom is -0.256 e. The number of pyridine rings is 1. The number of hydrogen-bond donors (Lipinski definition) is 0. The van der Waals surface area contributed by atoms with E-state index in [1.54, 1.807) is 6.08 Å². The second kappa shape index (κ2) is 6.85. The van der Waals surface area contributed by atoms with Crippen molar-refractivity contribution in [1.29, 1.82) is 0 Å². The van der Waals surface area contributed by atoms with Crippen molar-refractivity contribution in [3.05, 3.63) is 42.1 Å². The molecule has 114 valence electrons. The molecule has 3 nitrogen and oxygen atoms in total. The quantitative estimate of drug-likeness (QED) is 0.609. The lowest BCUT2D eigenvalue weighted by molar-refractivity contribution is 0.278. The summed E-state index contributed by atoms with van der Waals surface area (Å²) in [5.74, 6) is 1.17. The molecule has 22 heavy (non-hydrogen) atoms. The van der Waals surface area contributed by atoms with Gasteiger partial charge in [0.25, 0.3) is 0 Å². The van der Waals surface area contributed by atoms with Gasteiger partial charge in [-0.3, -0.25) is 4.98 Å². The zero-order chi connectivity index (χ0) is 15.4. The topological polar surface area (TPSA) is 42.3 Å². The van der Waals surface area contributed by atoms with Gasteiger partial charge < -0.3 is 0 Å². The first-order valence-electron chi connectivity index (χ1n) is 8.23. The van der Waals surface area contributed by atoms with E-state index in [9.17, 15) is 4.79 Å². The summed E-state index contributed by atoms with van der Waals surface area (Å²) in [5.41, 5.74) is 2.48. The molecular formula is C19H22N2O. The van der Waals surface area contributed by atoms with Crippen LogP contribution in [-0.2, 0) is 4.79 Å². The molecule has 1 aromatic heterocycles. The lowest BCUT2D eigenvalue weighted by atomic mass is 9.75. The molecule has 0 aliphatic heterocycles. The molecule has 0 N–H and O–H groups in total. The summed E-state index contributed by atoms with van der Waals surface area (Å²) in [4.78, 5) is 18.9. The molecule has 0 radical (unpaired) electrons. The SMILES string of the molecule is CCC(N=C=O)C1CCC(c2ccc3ncccc3c2)CC1. The molecular weight excluding hydrogens is 272 g/mol. The van der Waals surface area contributed by atoms with Gasteiger partial charge in [0.15, 0.2) is 0 Å². The van der Waals surface area contributed by atoms with Gasteiger partial charge in [0.1, 0.15) is 0 Å². The lowest BCUT2D eigenvalue weighted by Crippen LogP contribution is -2.23. The zero-order valence-electron chi connectivity index (χ0n) is 13.0. The number of benzene rings is 1. The first-order chi connectivity index (χ1) is 10.8. The molecule has 3 heteroatoms. The zero-order valence-corrected chi connectivity index (χ0v) is 13.0. The van der Waals surface area contributed by atoms with Crippen LogP contribution in [0.15, 0.2) is 41.5 Å². The van der Waals surface area contributed by atoms with Crippen molar-refractivity contribution in [3.63, 3.8) is 0 Å². The number of carbonyl (C=O) groups excluding carboxylic acids is 1. The summed E-state index contributed by atoms with van der Waals surface area (Å²) in [5, 5.41) is 1.22. The monoisotopic (exact) mass is 294 g/mol. The third-order valence-electron chi connectivity index (χ3n) is 5.05. The van der Waals surface area contributed by atoms with Crippen molar-refractivity contribution >= 4 is 17.0 Å². The van der Waals surface area contributed by atoms with Crippen LogP contribution in [0.2, 0.25) is 0 Å². The number of isocyanates is 1. The second-order valence-corrected chi connectivity index (χ2v) is 6.26. The van der Waals surface area contributed by atoms with Crippen LogP contribution in [0.1, 0.15) is 50.5 Å². The smallest absolute Gasteiger partial charge is 0.235 e. The van der Waals surface area contributed by atoms with Gasteiger partial charge in [0.05, 0.1) is 11.6 Å². The van der Waals surface area contributed by atoms with Crippen LogP contribution >= 0.6 is 0 Å². The van der Waals surface area contributed by atoms with E-state index in [4.69, 9.17) is 0 Å². The normalized spacial score (nSPS) is 23.0. The molecule has 0 spiro atoms. The molecule has 0 bridgehead atoms. The fourth-order valence-electron chi connectivity index (χ4n) is 3.78. The third-order valence-corrected chi connectivity index (χ3v) is 5.05. The molecule has 0 saturated heterocycles. The van der Waals surface area contributed by atoms with Gasteiger partial charge in [-0.15, -0.1) is 0 Å². The molecule has 1 atom stereocenters. The van der Waals surface area contributed by atoms with E-state index >= 15 is 0 Å². The maximum atomic E-state index is 10.5. The Balaban J connectivity index is 1.71. The van der Waals surface area contributed by atoms with E-state index < -0.39 is 0 Å². The minimum atomic E-state index is 0.166. The summed E-state index contributed by atoms with van der Waals surface area (Å²) in [6.45, 7) is 2.11. The summed E-state index contributed by atoms with van der Waals surface area (Å²) in [6, 6.07) is 10.9. The van der Waals surface area contributed by atoms with Crippen molar-refractivity contribution in [2.75, 3.05) is 0 Å². The van der Waals surface area contributed by atoms with Crippen LogP contribution in [0, 0.1) is 5.92 Å².